The van der Waals surface area contributed by atoms with Gasteiger partial charge in [-0.25, -0.2) is 0 Å². The summed E-state index contributed by atoms with van der Waals surface area (Å²) in [5.41, 5.74) is 1.02. The number of nitrogens with one attached hydrogen (secondary N) is 1. The number of rotatable bonds is 7. The molecule has 2 rings (SSSR count). The molecule has 0 spiro atoms. The fourth-order valence-corrected chi connectivity index (χ4v) is 2.86. The molecular weight excluding hydrogens is 293 g/mol. The van der Waals surface area contributed by atoms with Crippen molar-refractivity contribution in [2.45, 2.75) is 32.2 Å². The maximum Gasteiger partial charge on any atom is 0.103 e. The average Bonchev–Trinajstić information content (AvgIpc) is 2.93. The summed E-state index contributed by atoms with van der Waals surface area (Å²) in [5, 5.41) is 4.96. The molecule has 108 valence electrons. The van der Waals surface area contributed by atoms with Gasteiger partial charge in [0, 0.05) is 22.5 Å². The molecule has 0 saturated heterocycles. The Morgan fingerprint density at radius 2 is 1.90 bits per heavy atom. The van der Waals surface area contributed by atoms with Gasteiger partial charge in [-0.05, 0) is 49.2 Å². The van der Waals surface area contributed by atoms with E-state index in [4.69, 9.17) is 27.6 Å². The summed E-state index contributed by atoms with van der Waals surface area (Å²) in [6, 6.07) is 9.91. The van der Waals surface area contributed by atoms with E-state index in [2.05, 4.69) is 12.2 Å². The average molecular weight is 312 g/mol. The summed E-state index contributed by atoms with van der Waals surface area (Å²) in [6.45, 7) is 3.03. The van der Waals surface area contributed by atoms with Crippen LogP contribution in [0.3, 0.4) is 0 Å². The smallest absolute Gasteiger partial charge is 0.103 e. The van der Waals surface area contributed by atoms with Crippen LogP contribution in [0.2, 0.25) is 10.0 Å². The third kappa shape index (κ3) is 4.27. The molecule has 0 fully saturated rings. The summed E-state index contributed by atoms with van der Waals surface area (Å²) in [6.07, 6.45) is 4.44. The van der Waals surface area contributed by atoms with Crippen molar-refractivity contribution in [2.75, 3.05) is 6.54 Å². The Kier molecular flexibility index (Phi) is 5.96. The van der Waals surface area contributed by atoms with Crippen LogP contribution in [-0.2, 0) is 12.8 Å². The first-order valence-corrected chi connectivity index (χ1v) is 7.65. The molecule has 1 aromatic carbocycles. The number of halogens is 2. The fraction of sp³-hybridized carbons (Fsp3) is 0.375. The van der Waals surface area contributed by atoms with E-state index in [1.54, 1.807) is 6.26 Å². The van der Waals surface area contributed by atoms with Gasteiger partial charge in [0.05, 0.1) is 6.26 Å². The highest BCUT2D eigenvalue weighted by atomic mass is 35.5. The minimum atomic E-state index is 0.336. The molecule has 1 N–H and O–H groups in total. The Labute approximate surface area is 130 Å². The maximum absolute atomic E-state index is 6.24. The molecule has 1 heterocycles. The number of aryl methyl sites for hydroxylation is 1. The van der Waals surface area contributed by atoms with Crippen molar-refractivity contribution >= 4 is 23.2 Å². The number of hydrogen-bond acceptors (Lipinski definition) is 2. The van der Waals surface area contributed by atoms with E-state index < -0.39 is 0 Å². The molecular formula is C16H19Cl2NO. The Bertz CT molecular complexity index is 505. The highest BCUT2D eigenvalue weighted by molar-refractivity contribution is 6.36. The number of hydrogen-bond donors (Lipinski definition) is 1. The van der Waals surface area contributed by atoms with E-state index in [0.717, 1.165) is 47.2 Å². The Balaban J connectivity index is 2.01. The zero-order valence-electron chi connectivity index (χ0n) is 11.5. The van der Waals surface area contributed by atoms with Crippen LogP contribution in [0.15, 0.2) is 41.0 Å². The van der Waals surface area contributed by atoms with Crippen molar-refractivity contribution in [3.8, 4) is 0 Å². The van der Waals surface area contributed by atoms with Crippen LogP contribution >= 0.6 is 23.2 Å². The van der Waals surface area contributed by atoms with Gasteiger partial charge in [-0.15, -0.1) is 0 Å². The fourth-order valence-electron chi connectivity index (χ4n) is 2.31. The summed E-state index contributed by atoms with van der Waals surface area (Å²) in [4.78, 5) is 0. The van der Waals surface area contributed by atoms with Gasteiger partial charge in [0.25, 0.3) is 0 Å². The van der Waals surface area contributed by atoms with Crippen LogP contribution in [-0.4, -0.2) is 12.6 Å². The van der Waals surface area contributed by atoms with Crippen LogP contribution in [0.25, 0.3) is 0 Å². The first-order valence-electron chi connectivity index (χ1n) is 6.89. The third-order valence-corrected chi connectivity index (χ3v) is 4.03. The quantitative estimate of drug-likeness (QED) is 0.799. The maximum atomic E-state index is 6.24. The summed E-state index contributed by atoms with van der Waals surface area (Å²) in [5.74, 6) is 1.01. The van der Waals surface area contributed by atoms with E-state index in [1.165, 1.54) is 0 Å². The molecule has 0 saturated carbocycles. The molecule has 0 aliphatic rings. The first kappa shape index (κ1) is 15.4. The SMILES string of the molecule is CCNC(CCc1ccco1)Cc1c(Cl)cccc1Cl. The van der Waals surface area contributed by atoms with E-state index in [0.29, 0.717) is 6.04 Å². The number of furan rings is 1. The summed E-state index contributed by atoms with van der Waals surface area (Å²) >= 11 is 12.5. The Morgan fingerprint density at radius 1 is 1.15 bits per heavy atom. The summed E-state index contributed by atoms with van der Waals surface area (Å²) < 4.78 is 5.38. The molecule has 0 aliphatic carbocycles. The normalized spacial score (nSPS) is 12.6. The predicted octanol–water partition coefficient (Wildman–Crippen LogP) is 4.74. The van der Waals surface area contributed by atoms with Gasteiger partial charge in [-0.2, -0.15) is 0 Å². The summed E-state index contributed by atoms with van der Waals surface area (Å²) in [7, 11) is 0. The minimum Gasteiger partial charge on any atom is -0.469 e. The Hall–Kier alpha value is -0.960. The van der Waals surface area contributed by atoms with Crippen LogP contribution in [0.1, 0.15) is 24.7 Å². The first-order chi connectivity index (χ1) is 9.70. The number of benzene rings is 1. The predicted molar refractivity (Wildman–Crippen MR) is 84.7 cm³/mol. The van der Waals surface area contributed by atoms with E-state index in [-0.39, 0.29) is 0 Å². The van der Waals surface area contributed by atoms with Gasteiger partial charge >= 0.3 is 0 Å². The lowest BCUT2D eigenvalue weighted by Crippen LogP contribution is -2.31. The van der Waals surface area contributed by atoms with Crippen molar-refractivity contribution in [2.24, 2.45) is 0 Å². The van der Waals surface area contributed by atoms with E-state index >= 15 is 0 Å². The van der Waals surface area contributed by atoms with Gasteiger partial charge in [0.2, 0.25) is 0 Å². The topological polar surface area (TPSA) is 25.2 Å². The minimum absolute atomic E-state index is 0.336. The molecule has 2 aromatic rings. The molecule has 1 atom stereocenters. The van der Waals surface area contributed by atoms with Crippen LogP contribution < -0.4 is 5.32 Å². The monoisotopic (exact) mass is 311 g/mol. The highest BCUT2D eigenvalue weighted by Gasteiger charge is 2.14. The second kappa shape index (κ2) is 7.72. The van der Waals surface area contributed by atoms with Crippen molar-refractivity contribution in [1.29, 1.82) is 0 Å². The van der Waals surface area contributed by atoms with E-state index in [1.807, 2.05) is 30.3 Å². The van der Waals surface area contributed by atoms with Crippen molar-refractivity contribution in [3.63, 3.8) is 0 Å². The molecule has 1 unspecified atom stereocenters. The van der Waals surface area contributed by atoms with Crippen molar-refractivity contribution in [3.05, 3.63) is 58.0 Å². The largest absolute Gasteiger partial charge is 0.469 e. The number of likely N-dealkylation sites (N-methyl/N-ethyl adjacent to an activating group) is 1. The lowest BCUT2D eigenvalue weighted by atomic mass is 10.0. The van der Waals surface area contributed by atoms with Crippen LogP contribution in [0.4, 0.5) is 0 Å². The molecule has 20 heavy (non-hydrogen) atoms. The van der Waals surface area contributed by atoms with Gasteiger partial charge < -0.3 is 9.73 Å². The molecule has 0 amide bonds. The van der Waals surface area contributed by atoms with Gasteiger partial charge in [0.15, 0.2) is 0 Å². The van der Waals surface area contributed by atoms with Crippen molar-refractivity contribution < 1.29 is 4.42 Å². The second-order valence-corrected chi connectivity index (χ2v) is 5.59. The lowest BCUT2D eigenvalue weighted by molar-refractivity contribution is 0.448. The lowest BCUT2D eigenvalue weighted by Gasteiger charge is -2.19. The molecule has 0 bridgehead atoms. The van der Waals surface area contributed by atoms with Crippen LogP contribution in [0.5, 0.6) is 0 Å². The molecule has 1 aromatic heterocycles. The van der Waals surface area contributed by atoms with Crippen LogP contribution in [0, 0.1) is 0 Å². The molecule has 0 radical (unpaired) electrons. The zero-order chi connectivity index (χ0) is 14.4. The third-order valence-electron chi connectivity index (χ3n) is 3.32. The van der Waals surface area contributed by atoms with E-state index in [9.17, 15) is 0 Å². The van der Waals surface area contributed by atoms with Gasteiger partial charge in [-0.3, -0.25) is 0 Å². The van der Waals surface area contributed by atoms with Gasteiger partial charge in [-0.1, -0.05) is 36.2 Å². The second-order valence-electron chi connectivity index (χ2n) is 4.78. The standard InChI is InChI=1S/C16H19Cl2NO/c1-2-19-12(8-9-13-5-4-10-20-13)11-14-15(17)6-3-7-16(14)18/h3-7,10,12,19H,2,8-9,11H2,1H3. The molecule has 0 aliphatic heterocycles. The molecule has 4 heteroatoms. The molecule has 2 nitrogen and oxygen atoms in total. The Morgan fingerprint density at radius 3 is 2.50 bits per heavy atom. The van der Waals surface area contributed by atoms with Crippen molar-refractivity contribution in [1.82, 2.24) is 5.32 Å². The van der Waals surface area contributed by atoms with Gasteiger partial charge in [0.1, 0.15) is 5.76 Å². The highest BCUT2D eigenvalue weighted by Crippen LogP contribution is 2.26. The zero-order valence-corrected chi connectivity index (χ0v) is 13.0.